The third-order valence-electron chi connectivity index (χ3n) is 5.29. The van der Waals surface area contributed by atoms with Gasteiger partial charge in [-0.05, 0) is 53.6 Å². The molecule has 0 N–H and O–H groups in total. The van der Waals surface area contributed by atoms with E-state index in [0.29, 0.717) is 10.8 Å². The fourth-order valence-electron chi connectivity index (χ4n) is 4.47. The van der Waals surface area contributed by atoms with Crippen molar-refractivity contribution < 1.29 is 4.42 Å². The third-order valence-corrected chi connectivity index (χ3v) is 5.29. The molecule has 2 atom stereocenters. The summed E-state index contributed by atoms with van der Waals surface area (Å²) in [5.74, 6) is 0.832. The Morgan fingerprint density at radius 1 is 1.19 bits per heavy atom. The molecule has 1 aromatic heterocycles. The average Bonchev–Trinajstić information content (AvgIpc) is 2.65. The summed E-state index contributed by atoms with van der Waals surface area (Å²) in [4.78, 5) is 0. The molecule has 0 aliphatic heterocycles. The van der Waals surface area contributed by atoms with Crippen molar-refractivity contribution in [3.05, 3.63) is 23.7 Å². The first-order valence-electron chi connectivity index (χ1n) is 6.60. The van der Waals surface area contributed by atoms with Gasteiger partial charge in [0.25, 0.3) is 0 Å². The van der Waals surface area contributed by atoms with Crippen molar-refractivity contribution in [2.75, 3.05) is 0 Å². The summed E-state index contributed by atoms with van der Waals surface area (Å²) in [5.41, 5.74) is 3.86. The van der Waals surface area contributed by atoms with Crippen LogP contribution in [0, 0.1) is 11.3 Å². The number of furan rings is 1. The molecule has 1 heteroatoms. The largest absolute Gasteiger partial charge is 0.472 e. The van der Waals surface area contributed by atoms with Gasteiger partial charge in [0.15, 0.2) is 0 Å². The molecule has 0 amide bonds. The van der Waals surface area contributed by atoms with E-state index >= 15 is 0 Å². The van der Waals surface area contributed by atoms with Crippen LogP contribution >= 0.6 is 0 Å². The Labute approximate surface area is 98.2 Å². The first kappa shape index (κ1) is 10.4. The molecule has 88 valence electrons. The van der Waals surface area contributed by atoms with E-state index in [1.165, 1.54) is 43.2 Å². The first-order valence-corrected chi connectivity index (χ1v) is 6.60. The molecule has 2 aliphatic rings. The van der Waals surface area contributed by atoms with Gasteiger partial charge < -0.3 is 4.42 Å². The lowest BCUT2D eigenvalue weighted by Crippen LogP contribution is -2.47. The lowest BCUT2D eigenvalue weighted by molar-refractivity contribution is 0.0409. The van der Waals surface area contributed by atoms with Crippen LogP contribution in [-0.2, 0) is 11.8 Å². The van der Waals surface area contributed by atoms with Gasteiger partial charge >= 0.3 is 0 Å². The second kappa shape index (κ2) is 3.15. The van der Waals surface area contributed by atoms with Crippen LogP contribution in [0.1, 0.15) is 57.6 Å². The molecule has 1 saturated carbocycles. The Morgan fingerprint density at radius 2 is 2.00 bits per heavy atom. The molecule has 0 unspecified atom stereocenters. The van der Waals surface area contributed by atoms with Crippen molar-refractivity contribution >= 4 is 0 Å². The molecule has 1 fully saturated rings. The van der Waals surface area contributed by atoms with E-state index in [9.17, 15) is 0 Å². The van der Waals surface area contributed by atoms with Gasteiger partial charge in [-0.3, -0.25) is 0 Å². The Kier molecular flexibility index (Phi) is 2.05. The standard InChI is InChI=1S/C15H22O/c1-14(2)7-4-8-15(3)12-10-16-9-11(12)5-6-13(14)15/h9-10,13H,4-8H2,1-3H3/t13-,15-/m0/s1. The fraction of sp³-hybridized carbons (Fsp3) is 0.733. The molecule has 1 heterocycles. The highest BCUT2D eigenvalue weighted by molar-refractivity contribution is 5.35. The number of hydrogen-bond donors (Lipinski definition) is 0. The zero-order valence-corrected chi connectivity index (χ0v) is 10.7. The predicted molar refractivity (Wildman–Crippen MR) is 65.5 cm³/mol. The number of rotatable bonds is 0. The highest BCUT2D eigenvalue weighted by atomic mass is 16.3. The zero-order chi connectivity index (χ0) is 11.4. The van der Waals surface area contributed by atoms with Gasteiger partial charge in [0.05, 0.1) is 12.5 Å². The van der Waals surface area contributed by atoms with Crippen molar-refractivity contribution in [1.82, 2.24) is 0 Å². The molecule has 16 heavy (non-hydrogen) atoms. The van der Waals surface area contributed by atoms with Crippen LogP contribution in [0.5, 0.6) is 0 Å². The van der Waals surface area contributed by atoms with Crippen LogP contribution < -0.4 is 0 Å². The second-order valence-electron chi connectivity index (χ2n) is 6.66. The van der Waals surface area contributed by atoms with Crippen molar-refractivity contribution in [2.24, 2.45) is 11.3 Å². The SMILES string of the molecule is CC1(C)CCC[C@@]2(C)c3cocc3CC[C@@H]12. The van der Waals surface area contributed by atoms with Crippen molar-refractivity contribution in [2.45, 2.75) is 58.3 Å². The lowest BCUT2D eigenvalue weighted by Gasteiger charge is -2.53. The quantitative estimate of drug-likeness (QED) is 0.632. The zero-order valence-electron chi connectivity index (χ0n) is 10.7. The number of aryl methyl sites for hydroxylation is 1. The van der Waals surface area contributed by atoms with Gasteiger partial charge in [0, 0.05) is 0 Å². The van der Waals surface area contributed by atoms with Crippen molar-refractivity contribution in [1.29, 1.82) is 0 Å². The molecule has 0 bridgehead atoms. The summed E-state index contributed by atoms with van der Waals surface area (Å²) in [6.07, 6.45) is 10.6. The number of fused-ring (bicyclic) bond motifs is 3. The monoisotopic (exact) mass is 218 g/mol. The second-order valence-corrected chi connectivity index (χ2v) is 6.66. The normalized spacial score (nSPS) is 36.6. The molecular formula is C15H22O. The third kappa shape index (κ3) is 1.23. The summed E-state index contributed by atoms with van der Waals surface area (Å²) in [6.45, 7) is 7.38. The van der Waals surface area contributed by atoms with E-state index in [1.54, 1.807) is 0 Å². The maximum Gasteiger partial charge on any atom is 0.0943 e. The minimum atomic E-state index is 0.377. The van der Waals surface area contributed by atoms with E-state index in [-0.39, 0.29) is 0 Å². The molecule has 0 aromatic carbocycles. The minimum absolute atomic E-state index is 0.377. The minimum Gasteiger partial charge on any atom is -0.472 e. The highest BCUT2D eigenvalue weighted by Crippen LogP contribution is 2.57. The Balaban J connectivity index is 2.09. The molecule has 1 nitrogen and oxygen atoms in total. The predicted octanol–water partition coefficient (Wildman–Crippen LogP) is 4.31. The van der Waals surface area contributed by atoms with Crippen LogP contribution in [0.3, 0.4) is 0 Å². The summed E-state index contributed by atoms with van der Waals surface area (Å²) >= 11 is 0. The van der Waals surface area contributed by atoms with Gasteiger partial charge in [-0.2, -0.15) is 0 Å². The smallest absolute Gasteiger partial charge is 0.0943 e. The van der Waals surface area contributed by atoms with Crippen LogP contribution in [0.4, 0.5) is 0 Å². The van der Waals surface area contributed by atoms with Crippen molar-refractivity contribution in [3.8, 4) is 0 Å². The maximum atomic E-state index is 5.45. The van der Waals surface area contributed by atoms with E-state index in [0.717, 1.165) is 5.92 Å². The van der Waals surface area contributed by atoms with Crippen molar-refractivity contribution in [3.63, 3.8) is 0 Å². The summed E-state index contributed by atoms with van der Waals surface area (Å²) < 4.78 is 5.45. The van der Waals surface area contributed by atoms with E-state index in [4.69, 9.17) is 4.42 Å². The highest BCUT2D eigenvalue weighted by Gasteiger charge is 2.50. The van der Waals surface area contributed by atoms with Gasteiger partial charge in [-0.1, -0.05) is 27.2 Å². The first-order chi connectivity index (χ1) is 7.54. The van der Waals surface area contributed by atoms with Crippen LogP contribution in [0.25, 0.3) is 0 Å². The van der Waals surface area contributed by atoms with Gasteiger partial charge in [0.1, 0.15) is 0 Å². The summed E-state index contributed by atoms with van der Waals surface area (Å²) in [7, 11) is 0. The number of hydrogen-bond acceptors (Lipinski definition) is 1. The lowest BCUT2D eigenvalue weighted by atomic mass is 9.51. The van der Waals surface area contributed by atoms with E-state index < -0.39 is 0 Å². The Morgan fingerprint density at radius 3 is 2.81 bits per heavy atom. The Hall–Kier alpha value is -0.720. The van der Waals surface area contributed by atoms with Gasteiger partial charge in [-0.15, -0.1) is 0 Å². The van der Waals surface area contributed by atoms with E-state index in [1.807, 2.05) is 12.5 Å². The molecule has 1 aromatic rings. The van der Waals surface area contributed by atoms with E-state index in [2.05, 4.69) is 20.8 Å². The molecular weight excluding hydrogens is 196 g/mol. The van der Waals surface area contributed by atoms with Crippen LogP contribution in [0.15, 0.2) is 16.9 Å². The maximum absolute atomic E-state index is 5.45. The molecule has 2 aliphatic carbocycles. The fourth-order valence-corrected chi connectivity index (χ4v) is 4.47. The van der Waals surface area contributed by atoms with Gasteiger partial charge in [-0.25, -0.2) is 0 Å². The molecule has 0 radical (unpaired) electrons. The topological polar surface area (TPSA) is 13.1 Å². The molecule has 0 saturated heterocycles. The molecule has 3 rings (SSSR count). The van der Waals surface area contributed by atoms with Gasteiger partial charge in [0.2, 0.25) is 0 Å². The average molecular weight is 218 g/mol. The van der Waals surface area contributed by atoms with Crippen LogP contribution in [0.2, 0.25) is 0 Å². The Bertz CT molecular complexity index is 401. The summed E-state index contributed by atoms with van der Waals surface area (Å²) in [6, 6.07) is 0. The van der Waals surface area contributed by atoms with Crippen LogP contribution in [-0.4, -0.2) is 0 Å². The summed E-state index contributed by atoms with van der Waals surface area (Å²) in [5, 5.41) is 0. The molecule has 0 spiro atoms.